The Balaban J connectivity index is 1.88. The van der Waals surface area contributed by atoms with E-state index in [2.05, 4.69) is 0 Å². The molecule has 4 nitrogen and oxygen atoms in total. The molecule has 0 N–H and O–H groups in total. The second-order valence-corrected chi connectivity index (χ2v) is 7.09. The highest BCUT2D eigenvalue weighted by Crippen LogP contribution is 2.27. The molecule has 1 amide bonds. The summed E-state index contributed by atoms with van der Waals surface area (Å²) in [6.07, 6.45) is 1.23. The largest absolute Gasteiger partial charge is 0.477 e. The van der Waals surface area contributed by atoms with Gasteiger partial charge in [-0.05, 0) is 36.4 Å². The van der Waals surface area contributed by atoms with Crippen LogP contribution < -0.4 is 0 Å². The lowest BCUT2D eigenvalue weighted by molar-refractivity contribution is 0.0802. The number of amides is 1. The fraction of sp³-hybridized carbons (Fsp3) is 0.111. The van der Waals surface area contributed by atoms with Gasteiger partial charge in [0.25, 0.3) is 5.91 Å². The number of carbonyl (C=O) groups is 2. The summed E-state index contributed by atoms with van der Waals surface area (Å²) < 4.78 is 5.43. The fourth-order valence-electron chi connectivity index (χ4n) is 2.44. The Bertz CT molecular complexity index is 927. The van der Waals surface area contributed by atoms with Gasteiger partial charge in [0.05, 0.1) is 22.2 Å². The molecule has 2 aromatic carbocycles. The maximum Gasteiger partial charge on any atom is 0.262 e. The molecule has 1 heterocycles. The molecule has 1 aliphatic heterocycles. The Labute approximate surface area is 169 Å². The Morgan fingerprint density at radius 2 is 1.50 bits per heavy atom. The van der Waals surface area contributed by atoms with Gasteiger partial charge in [0.15, 0.2) is 11.7 Å². The molecule has 0 aliphatic carbocycles. The highest BCUT2D eigenvalue weighted by Gasteiger charge is 2.28. The third-order valence-corrected chi connectivity index (χ3v) is 4.78. The van der Waals surface area contributed by atoms with Crippen molar-refractivity contribution in [2.24, 2.45) is 0 Å². The van der Waals surface area contributed by atoms with Gasteiger partial charge in [-0.25, -0.2) is 0 Å². The second kappa shape index (κ2) is 7.89. The molecule has 2 aromatic rings. The molecule has 0 spiro atoms. The average molecular weight is 431 g/mol. The number of ether oxygens (including phenoxy) is 1. The van der Waals surface area contributed by atoms with E-state index in [1.165, 1.54) is 35.2 Å². The third kappa shape index (κ3) is 3.99. The number of nitrogens with zero attached hydrogens (tertiary/aromatic N) is 1. The van der Waals surface area contributed by atoms with Crippen LogP contribution in [0.5, 0.6) is 0 Å². The first-order chi connectivity index (χ1) is 12.4. The molecule has 1 aliphatic rings. The number of carbonyl (C=O) groups excluding carboxylic acids is 2. The molecule has 3 rings (SSSR count). The van der Waals surface area contributed by atoms with E-state index in [0.717, 1.165) is 0 Å². The lowest BCUT2D eigenvalue weighted by Gasteiger charge is -2.16. The van der Waals surface area contributed by atoms with E-state index < -0.39 is 5.78 Å². The molecule has 8 heteroatoms. The molecule has 0 aromatic heterocycles. The summed E-state index contributed by atoms with van der Waals surface area (Å²) in [4.78, 5) is 26.6. The highest BCUT2D eigenvalue weighted by atomic mass is 35.5. The molecule has 0 unspecified atom stereocenters. The molecule has 0 radical (unpaired) electrons. The summed E-state index contributed by atoms with van der Waals surface area (Å²) in [6.45, 7) is 0.565. The molecule has 0 bridgehead atoms. The predicted octanol–water partition coefficient (Wildman–Crippen LogP) is 5.50. The SMILES string of the molecule is O=C(/C=C1\OCCN1C(=O)c1ccc(Cl)cc1Cl)c1ccc(Cl)cc1Cl. The molecular formula is C18H11Cl4NO3. The monoisotopic (exact) mass is 429 g/mol. The maximum absolute atomic E-state index is 12.7. The van der Waals surface area contributed by atoms with Crippen LogP contribution in [-0.2, 0) is 4.74 Å². The first kappa shape index (κ1) is 19.1. The first-order valence-electron chi connectivity index (χ1n) is 7.47. The zero-order valence-corrected chi connectivity index (χ0v) is 16.2. The van der Waals surface area contributed by atoms with Crippen LogP contribution in [-0.4, -0.2) is 29.7 Å². The van der Waals surface area contributed by atoms with Crippen molar-refractivity contribution < 1.29 is 14.3 Å². The Kier molecular flexibility index (Phi) is 5.78. The van der Waals surface area contributed by atoms with E-state index in [1.54, 1.807) is 12.1 Å². The van der Waals surface area contributed by atoms with Gasteiger partial charge in [0.1, 0.15) is 6.61 Å². The highest BCUT2D eigenvalue weighted by molar-refractivity contribution is 6.37. The summed E-state index contributed by atoms with van der Waals surface area (Å²) >= 11 is 23.9. The molecule has 0 atom stereocenters. The minimum Gasteiger partial charge on any atom is -0.477 e. The summed E-state index contributed by atoms with van der Waals surface area (Å²) in [7, 11) is 0. The van der Waals surface area contributed by atoms with Gasteiger partial charge in [0, 0.05) is 21.7 Å². The molecule has 1 fully saturated rings. The van der Waals surface area contributed by atoms with Crippen LogP contribution in [0.1, 0.15) is 20.7 Å². The van der Waals surface area contributed by atoms with E-state index in [4.69, 9.17) is 51.1 Å². The van der Waals surface area contributed by atoms with Gasteiger partial charge >= 0.3 is 0 Å². The van der Waals surface area contributed by atoms with Crippen LogP contribution in [0.3, 0.4) is 0 Å². The van der Waals surface area contributed by atoms with Crippen LogP contribution in [0.25, 0.3) is 0 Å². The average Bonchev–Trinajstić information content (AvgIpc) is 3.02. The van der Waals surface area contributed by atoms with Crippen molar-refractivity contribution in [3.63, 3.8) is 0 Å². The van der Waals surface area contributed by atoms with Crippen molar-refractivity contribution in [1.29, 1.82) is 0 Å². The molecule has 1 saturated heterocycles. The number of allylic oxidation sites excluding steroid dienone is 1. The summed E-state index contributed by atoms with van der Waals surface area (Å²) in [5.74, 6) is -0.647. The van der Waals surface area contributed by atoms with Crippen LogP contribution in [0.2, 0.25) is 20.1 Å². The summed E-state index contributed by atoms with van der Waals surface area (Å²) in [5.41, 5.74) is 0.528. The molecule has 26 heavy (non-hydrogen) atoms. The normalized spacial score (nSPS) is 15.2. The molecular weight excluding hydrogens is 420 g/mol. The Hall–Kier alpha value is -1.72. The van der Waals surface area contributed by atoms with Gasteiger partial charge in [-0.1, -0.05) is 46.4 Å². The van der Waals surface area contributed by atoms with Gasteiger partial charge in [0.2, 0.25) is 0 Å². The van der Waals surface area contributed by atoms with Gasteiger partial charge in [-0.15, -0.1) is 0 Å². The van der Waals surface area contributed by atoms with Crippen LogP contribution in [0.15, 0.2) is 48.4 Å². The van der Waals surface area contributed by atoms with E-state index in [0.29, 0.717) is 16.6 Å². The van der Waals surface area contributed by atoms with Crippen molar-refractivity contribution in [2.75, 3.05) is 13.2 Å². The first-order valence-corrected chi connectivity index (χ1v) is 8.99. The number of ketones is 1. The zero-order valence-electron chi connectivity index (χ0n) is 13.1. The fourth-order valence-corrected chi connectivity index (χ4v) is 3.43. The number of hydrogen-bond donors (Lipinski definition) is 0. The topological polar surface area (TPSA) is 46.6 Å². The lowest BCUT2D eigenvalue weighted by atomic mass is 10.1. The van der Waals surface area contributed by atoms with Crippen LogP contribution in [0.4, 0.5) is 0 Å². The van der Waals surface area contributed by atoms with E-state index in [1.807, 2.05) is 0 Å². The minimum atomic E-state index is -0.399. The third-order valence-electron chi connectivity index (χ3n) is 3.69. The van der Waals surface area contributed by atoms with Gasteiger partial charge in [-0.2, -0.15) is 0 Å². The molecule has 0 saturated carbocycles. The quantitative estimate of drug-likeness (QED) is 0.477. The zero-order chi connectivity index (χ0) is 18.8. The maximum atomic E-state index is 12.7. The molecule has 134 valence electrons. The number of benzene rings is 2. The number of hydrogen-bond acceptors (Lipinski definition) is 3. The number of rotatable bonds is 3. The van der Waals surface area contributed by atoms with E-state index in [9.17, 15) is 9.59 Å². The summed E-state index contributed by atoms with van der Waals surface area (Å²) in [6, 6.07) is 9.13. The van der Waals surface area contributed by atoms with E-state index >= 15 is 0 Å². The van der Waals surface area contributed by atoms with Crippen molar-refractivity contribution in [3.05, 3.63) is 79.6 Å². The van der Waals surface area contributed by atoms with Crippen molar-refractivity contribution in [1.82, 2.24) is 4.90 Å². The minimum absolute atomic E-state index is 0.136. The lowest BCUT2D eigenvalue weighted by Crippen LogP contribution is -2.27. The predicted molar refractivity (Wildman–Crippen MR) is 102 cm³/mol. The van der Waals surface area contributed by atoms with Crippen LogP contribution >= 0.6 is 46.4 Å². The number of halogens is 4. The standard InChI is InChI=1S/C18H11Cl4NO3/c19-10-1-3-12(14(21)7-10)16(24)9-17-23(5-6-26-17)18(25)13-4-2-11(20)8-15(13)22/h1-4,7-9H,5-6H2/b17-9-. The van der Waals surface area contributed by atoms with Crippen molar-refractivity contribution >= 4 is 58.1 Å². The van der Waals surface area contributed by atoms with Gasteiger partial charge < -0.3 is 4.74 Å². The van der Waals surface area contributed by atoms with Crippen molar-refractivity contribution in [3.8, 4) is 0 Å². The summed E-state index contributed by atoms with van der Waals surface area (Å²) in [5, 5.41) is 1.29. The van der Waals surface area contributed by atoms with Crippen LogP contribution in [0, 0.1) is 0 Å². The van der Waals surface area contributed by atoms with Gasteiger partial charge in [-0.3, -0.25) is 14.5 Å². The van der Waals surface area contributed by atoms with E-state index in [-0.39, 0.29) is 39.6 Å². The second-order valence-electron chi connectivity index (χ2n) is 5.40. The smallest absolute Gasteiger partial charge is 0.262 e. The Morgan fingerprint density at radius 1 is 0.923 bits per heavy atom. The van der Waals surface area contributed by atoms with Crippen molar-refractivity contribution in [2.45, 2.75) is 0 Å². The Morgan fingerprint density at radius 3 is 2.08 bits per heavy atom.